The quantitative estimate of drug-likeness (QED) is 0.345. The van der Waals surface area contributed by atoms with E-state index in [1.807, 2.05) is 0 Å². The first-order chi connectivity index (χ1) is 2.27. The normalized spacial score (nSPS) is 4.86. The van der Waals surface area contributed by atoms with Crippen LogP contribution in [0.5, 0.6) is 0 Å². The molecule has 38 valence electrons. The number of carbonyl (C=O) groups is 1. The van der Waals surface area contributed by atoms with E-state index in [4.69, 9.17) is 0 Å². The van der Waals surface area contributed by atoms with Crippen LogP contribution in [0.1, 0.15) is 6.92 Å². The van der Waals surface area contributed by atoms with Gasteiger partial charge in [-0.25, -0.2) is 0 Å². The van der Waals surface area contributed by atoms with Crippen LogP contribution in [0, 0.1) is 0 Å². The molecule has 0 aliphatic rings. The number of rotatable bonds is 0. The molecule has 0 saturated carbocycles. The molecule has 0 rings (SSSR count). The van der Waals surface area contributed by atoms with Crippen molar-refractivity contribution in [3.8, 4) is 0 Å². The molecule has 7 heavy (non-hydrogen) atoms. The molecule has 0 spiro atoms. The van der Waals surface area contributed by atoms with Crippen molar-refractivity contribution in [1.29, 1.82) is 0 Å². The molecule has 0 aliphatic carbocycles. The first-order valence-electron chi connectivity index (χ1n) is 1.06. The zero-order valence-electron chi connectivity index (χ0n) is 4.14. The number of hydrogen-bond acceptors (Lipinski definition) is 3. The molecule has 0 radical (unpaired) electrons. The summed E-state index contributed by atoms with van der Waals surface area (Å²) < 4.78 is 3.58. The van der Waals surface area contributed by atoms with E-state index in [9.17, 15) is 4.79 Å². The van der Waals surface area contributed by atoms with Gasteiger partial charge in [0.05, 0.1) is 0 Å². The van der Waals surface area contributed by atoms with E-state index in [0.717, 1.165) is 0 Å². The van der Waals surface area contributed by atoms with E-state index in [1.165, 1.54) is 6.92 Å². The summed E-state index contributed by atoms with van der Waals surface area (Å²) >= 11 is 4.49. The third-order valence-corrected chi connectivity index (χ3v) is 0.326. The molecular formula is C2H4ClNaO3. The van der Waals surface area contributed by atoms with Crippen LogP contribution in [-0.2, 0) is 9.08 Å². The van der Waals surface area contributed by atoms with E-state index in [0.29, 0.717) is 0 Å². The molecule has 0 aromatic heterocycles. The number of hydrogen-bond donors (Lipinski definition) is 0. The van der Waals surface area contributed by atoms with E-state index >= 15 is 0 Å². The minimum absolute atomic E-state index is 0. The van der Waals surface area contributed by atoms with Crippen molar-refractivity contribution in [2.24, 2.45) is 0 Å². The Morgan fingerprint density at radius 2 is 1.86 bits per heavy atom. The van der Waals surface area contributed by atoms with Gasteiger partial charge >= 0.3 is 35.5 Å². The Balaban J connectivity index is -0.0000000800. The monoisotopic (exact) mass is 134 g/mol. The summed E-state index contributed by atoms with van der Waals surface area (Å²) in [5, 5.41) is 0. The summed E-state index contributed by atoms with van der Waals surface area (Å²) in [6, 6.07) is 0. The molecule has 0 bridgehead atoms. The van der Waals surface area contributed by atoms with Gasteiger partial charge in [0.1, 0.15) is 11.9 Å². The van der Waals surface area contributed by atoms with Crippen LogP contribution < -0.4 is 29.6 Å². The molecular weight excluding hydrogens is 130 g/mol. The van der Waals surface area contributed by atoms with Crippen molar-refractivity contribution in [2.75, 3.05) is 0 Å². The maximum absolute atomic E-state index is 9.46. The molecule has 1 N–H and O–H groups in total. The fourth-order valence-corrected chi connectivity index (χ4v) is 0. The summed E-state index contributed by atoms with van der Waals surface area (Å²) in [4.78, 5) is 9.46. The van der Waals surface area contributed by atoms with Gasteiger partial charge in [0.2, 0.25) is 0 Å². The van der Waals surface area contributed by atoms with Crippen molar-refractivity contribution in [2.45, 2.75) is 6.92 Å². The fourth-order valence-electron chi connectivity index (χ4n) is 0. The van der Waals surface area contributed by atoms with Gasteiger partial charge < -0.3 is 9.77 Å². The van der Waals surface area contributed by atoms with E-state index in [1.54, 1.807) is 0 Å². The molecule has 0 heterocycles. The van der Waals surface area contributed by atoms with Crippen molar-refractivity contribution < 1.29 is 44.1 Å². The van der Waals surface area contributed by atoms with E-state index in [2.05, 4.69) is 16.2 Å². The SMILES string of the molecule is CC(=O)OCl.[Na+].[OH-]. The van der Waals surface area contributed by atoms with Crippen LogP contribution in [0.15, 0.2) is 0 Å². The van der Waals surface area contributed by atoms with Crippen molar-refractivity contribution >= 4 is 17.8 Å². The Kier molecular flexibility index (Phi) is 22.1. The molecule has 0 aromatic carbocycles. The Hall–Kier alpha value is 0.720. The molecule has 5 heteroatoms. The second kappa shape index (κ2) is 9.87. The smallest absolute Gasteiger partial charge is 0.870 e. The van der Waals surface area contributed by atoms with Crippen LogP contribution in [0.25, 0.3) is 0 Å². The largest absolute Gasteiger partial charge is 1.00 e. The summed E-state index contributed by atoms with van der Waals surface area (Å²) in [6.45, 7) is 1.23. The van der Waals surface area contributed by atoms with Gasteiger partial charge in [0.25, 0.3) is 0 Å². The Bertz CT molecular complexity index is 48.2. The average Bonchev–Trinajstić information content (AvgIpc) is 1.38. The topological polar surface area (TPSA) is 56.3 Å². The summed E-state index contributed by atoms with van der Waals surface area (Å²) in [6.07, 6.45) is 0. The van der Waals surface area contributed by atoms with Crippen LogP contribution in [0.4, 0.5) is 0 Å². The fraction of sp³-hybridized carbons (Fsp3) is 0.500. The van der Waals surface area contributed by atoms with Crippen molar-refractivity contribution in [1.82, 2.24) is 0 Å². The maximum atomic E-state index is 9.46. The first kappa shape index (κ1) is 15.6. The van der Waals surface area contributed by atoms with Gasteiger partial charge in [-0.2, -0.15) is 0 Å². The van der Waals surface area contributed by atoms with Crippen LogP contribution in [0.3, 0.4) is 0 Å². The van der Waals surface area contributed by atoms with E-state index in [-0.39, 0.29) is 35.0 Å². The molecule has 3 nitrogen and oxygen atoms in total. The van der Waals surface area contributed by atoms with Gasteiger partial charge in [-0.3, -0.25) is 4.79 Å². The summed E-state index contributed by atoms with van der Waals surface area (Å²) in [5.41, 5.74) is 0. The molecule has 0 aliphatic heterocycles. The molecule has 0 aromatic rings. The van der Waals surface area contributed by atoms with Crippen molar-refractivity contribution in [3.05, 3.63) is 0 Å². The molecule has 0 amide bonds. The Morgan fingerprint density at radius 1 is 1.71 bits per heavy atom. The van der Waals surface area contributed by atoms with Gasteiger partial charge in [0, 0.05) is 6.92 Å². The third-order valence-electron chi connectivity index (χ3n) is 0.109. The standard InChI is InChI=1S/C2H3ClO2.Na.H2O/c1-2(4)5-3;;/h1H3;;1H2/q;+1;/p-1. The molecule has 0 saturated heterocycles. The number of carbonyl (C=O) groups excluding carboxylic acids is 1. The van der Waals surface area contributed by atoms with Crippen LogP contribution >= 0.6 is 11.9 Å². The predicted octanol–water partition coefficient (Wildman–Crippen LogP) is -2.47. The number of halogens is 1. The van der Waals surface area contributed by atoms with Crippen LogP contribution in [0.2, 0.25) is 0 Å². The second-order valence-corrected chi connectivity index (χ2v) is 0.723. The van der Waals surface area contributed by atoms with Gasteiger partial charge in [-0.15, -0.1) is 0 Å². The van der Waals surface area contributed by atoms with E-state index < -0.39 is 5.97 Å². The zero-order chi connectivity index (χ0) is 4.28. The predicted molar refractivity (Wildman–Crippen MR) is 19.6 cm³/mol. The first-order valence-corrected chi connectivity index (χ1v) is 1.37. The Labute approximate surface area is 68.7 Å². The second-order valence-electron chi connectivity index (χ2n) is 0.569. The van der Waals surface area contributed by atoms with Crippen LogP contribution in [-0.4, -0.2) is 11.4 Å². The zero-order valence-corrected chi connectivity index (χ0v) is 6.90. The minimum Gasteiger partial charge on any atom is -0.870 e. The summed E-state index contributed by atoms with van der Waals surface area (Å²) in [7, 11) is 0. The van der Waals surface area contributed by atoms with Gasteiger partial charge in [-0.05, 0) is 0 Å². The maximum Gasteiger partial charge on any atom is 1.00 e. The Morgan fingerprint density at radius 3 is 1.86 bits per heavy atom. The van der Waals surface area contributed by atoms with Crippen molar-refractivity contribution in [3.63, 3.8) is 0 Å². The van der Waals surface area contributed by atoms with Gasteiger partial charge in [0.15, 0.2) is 0 Å². The molecule has 0 fully saturated rings. The molecule has 0 atom stereocenters. The van der Waals surface area contributed by atoms with Gasteiger partial charge in [-0.1, -0.05) is 0 Å². The summed E-state index contributed by atoms with van der Waals surface area (Å²) in [5.74, 6) is -0.480. The minimum atomic E-state index is -0.480. The average molecular weight is 134 g/mol. The third kappa shape index (κ3) is 20.2. The molecule has 0 unspecified atom stereocenters.